The molecule has 5 rings (SSSR count). The maximum atomic E-state index is 13.1. The standard InChI is InChI=1S/C33H48N6O4/c1-21(2)35-29(41)27-18-34-30(38-28(27)36-25-8-6-7-24(10-12-25)33(20-40)14-15-33)37-26-11-9-22-13-16-39(19-23(22)17-26)31(42)43-32(3,4)5/h8-9,11-12,17-18,21-23,28,30,34,36-38,40H,6-7,13-16,19-20H2,1-5H3,(H,35,41). The number of carbonyl (C=O) groups excluding carboxylic acids is 2. The van der Waals surface area contributed by atoms with Crippen LogP contribution in [-0.4, -0.2) is 65.8 Å². The summed E-state index contributed by atoms with van der Waals surface area (Å²) in [6.07, 6.45) is 15.9. The third-order valence-electron chi connectivity index (χ3n) is 8.59. The van der Waals surface area contributed by atoms with Gasteiger partial charge in [-0.2, -0.15) is 0 Å². The van der Waals surface area contributed by atoms with Gasteiger partial charge in [0.2, 0.25) is 0 Å². The summed E-state index contributed by atoms with van der Waals surface area (Å²) in [5, 5.41) is 26.7. The van der Waals surface area contributed by atoms with Crippen LogP contribution in [0.4, 0.5) is 4.79 Å². The van der Waals surface area contributed by atoms with Crippen molar-refractivity contribution in [1.82, 2.24) is 31.5 Å². The molecule has 3 aliphatic carbocycles. The maximum Gasteiger partial charge on any atom is 0.410 e. The molecule has 4 unspecified atom stereocenters. The molecule has 43 heavy (non-hydrogen) atoms. The Labute approximate surface area is 255 Å². The van der Waals surface area contributed by atoms with Gasteiger partial charge in [-0.25, -0.2) is 4.79 Å². The molecule has 0 radical (unpaired) electrons. The number of nitrogens with one attached hydrogen (secondary N) is 5. The van der Waals surface area contributed by atoms with Gasteiger partial charge < -0.3 is 36.0 Å². The van der Waals surface area contributed by atoms with Crippen LogP contribution < -0.4 is 26.6 Å². The monoisotopic (exact) mass is 592 g/mol. The number of fused-ring (bicyclic) bond motifs is 1. The molecule has 0 aromatic heterocycles. The fourth-order valence-corrected chi connectivity index (χ4v) is 6.05. The summed E-state index contributed by atoms with van der Waals surface area (Å²) in [6.45, 7) is 11.0. The third kappa shape index (κ3) is 7.74. The Bertz CT molecular complexity index is 1280. The number of allylic oxidation sites excluding steroid dienone is 4. The lowest BCUT2D eigenvalue weighted by Crippen LogP contribution is -2.63. The van der Waals surface area contributed by atoms with Gasteiger partial charge in [0, 0.05) is 54.1 Å². The molecule has 234 valence electrons. The summed E-state index contributed by atoms with van der Waals surface area (Å²) < 4.78 is 5.61. The number of rotatable bonds is 8. The second-order valence-corrected chi connectivity index (χ2v) is 13.6. The first kappa shape index (κ1) is 31.0. The van der Waals surface area contributed by atoms with E-state index in [2.05, 4.69) is 56.6 Å². The minimum Gasteiger partial charge on any atom is -0.444 e. The average Bonchev–Trinajstić information content (AvgIpc) is 3.76. The van der Waals surface area contributed by atoms with E-state index in [1.165, 1.54) is 5.57 Å². The molecule has 5 aliphatic rings. The van der Waals surface area contributed by atoms with E-state index in [1.54, 1.807) is 11.1 Å². The van der Waals surface area contributed by atoms with Crippen molar-refractivity contribution in [2.75, 3.05) is 19.7 Å². The smallest absolute Gasteiger partial charge is 0.410 e. The highest BCUT2D eigenvalue weighted by molar-refractivity contribution is 5.94. The first-order chi connectivity index (χ1) is 20.4. The molecule has 1 saturated heterocycles. The summed E-state index contributed by atoms with van der Waals surface area (Å²) in [7, 11) is 0. The van der Waals surface area contributed by atoms with Crippen molar-refractivity contribution in [3.63, 3.8) is 0 Å². The van der Waals surface area contributed by atoms with Crippen LogP contribution in [0.3, 0.4) is 0 Å². The van der Waals surface area contributed by atoms with Crippen LogP contribution in [0, 0.1) is 17.3 Å². The summed E-state index contributed by atoms with van der Waals surface area (Å²) >= 11 is 0. The molecule has 0 aromatic rings. The predicted octanol–water partition coefficient (Wildman–Crippen LogP) is 3.24. The van der Waals surface area contributed by atoms with E-state index < -0.39 is 11.8 Å². The van der Waals surface area contributed by atoms with E-state index in [0.717, 1.165) is 43.5 Å². The average molecular weight is 593 g/mol. The number of nitrogens with zero attached hydrogens (tertiary/aromatic N) is 1. The van der Waals surface area contributed by atoms with Crippen LogP contribution in [0.15, 0.2) is 64.9 Å². The predicted molar refractivity (Wildman–Crippen MR) is 166 cm³/mol. The van der Waals surface area contributed by atoms with Gasteiger partial charge in [0.1, 0.15) is 11.8 Å². The van der Waals surface area contributed by atoms with E-state index in [0.29, 0.717) is 24.6 Å². The topological polar surface area (TPSA) is 127 Å². The number of hydrogen-bond acceptors (Lipinski definition) is 8. The fraction of sp³-hybridized carbons (Fsp3) is 0.606. The molecule has 2 heterocycles. The van der Waals surface area contributed by atoms with E-state index in [4.69, 9.17) is 4.74 Å². The lowest BCUT2D eigenvalue weighted by atomic mass is 9.82. The van der Waals surface area contributed by atoms with Gasteiger partial charge in [0.05, 0.1) is 12.2 Å². The Hall–Kier alpha value is -3.46. The number of hydrogen-bond donors (Lipinski definition) is 6. The SMILES string of the molecule is CC(C)NC(=O)C1=CNC(NC2=CC3CN(C(=O)OC(C)(C)C)CCC3C=C2)NC1NC1=CCCC(C2(CO)CC2)=C=C1. The van der Waals surface area contributed by atoms with Gasteiger partial charge >= 0.3 is 6.09 Å². The molecule has 2 fully saturated rings. The number of carbonyl (C=O) groups is 2. The molecule has 0 spiro atoms. The van der Waals surface area contributed by atoms with Crippen molar-refractivity contribution in [2.24, 2.45) is 17.3 Å². The first-order valence-electron chi connectivity index (χ1n) is 15.7. The molecule has 10 heteroatoms. The molecule has 4 atom stereocenters. The largest absolute Gasteiger partial charge is 0.444 e. The van der Waals surface area contributed by atoms with Gasteiger partial charge in [-0.1, -0.05) is 18.2 Å². The summed E-state index contributed by atoms with van der Waals surface area (Å²) in [5.74, 6) is 0.413. The molecule has 2 aliphatic heterocycles. The van der Waals surface area contributed by atoms with Gasteiger partial charge in [-0.15, -0.1) is 5.73 Å². The van der Waals surface area contributed by atoms with E-state index >= 15 is 0 Å². The lowest BCUT2D eigenvalue weighted by molar-refractivity contribution is -0.118. The van der Waals surface area contributed by atoms with Crippen molar-refractivity contribution in [3.8, 4) is 0 Å². The van der Waals surface area contributed by atoms with Crippen LogP contribution in [0.5, 0.6) is 0 Å². The number of amides is 2. The van der Waals surface area contributed by atoms with Crippen molar-refractivity contribution in [1.29, 1.82) is 0 Å². The lowest BCUT2D eigenvalue weighted by Gasteiger charge is -2.39. The second kappa shape index (κ2) is 12.6. The Morgan fingerprint density at radius 1 is 1.21 bits per heavy atom. The zero-order valence-electron chi connectivity index (χ0n) is 26.1. The minimum absolute atomic E-state index is 0.00168. The molecule has 6 N–H and O–H groups in total. The number of aliphatic hydroxyl groups excluding tert-OH is 1. The van der Waals surface area contributed by atoms with Crippen LogP contribution >= 0.6 is 0 Å². The van der Waals surface area contributed by atoms with E-state index in [-0.39, 0.29) is 42.3 Å². The minimum atomic E-state index is -0.524. The maximum absolute atomic E-state index is 13.1. The summed E-state index contributed by atoms with van der Waals surface area (Å²) in [5.41, 5.74) is 6.39. The fourth-order valence-electron chi connectivity index (χ4n) is 6.05. The summed E-state index contributed by atoms with van der Waals surface area (Å²) in [4.78, 5) is 27.6. The Morgan fingerprint density at radius 3 is 2.70 bits per heavy atom. The molecular weight excluding hydrogens is 544 g/mol. The first-order valence-corrected chi connectivity index (χ1v) is 15.7. The highest BCUT2D eigenvalue weighted by Crippen LogP contribution is 2.52. The Kier molecular flexibility index (Phi) is 9.11. The Morgan fingerprint density at radius 2 is 2.00 bits per heavy atom. The number of ether oxygens (including phenoxy) is 1. The van der Waals surface area contributed by atoms with Gasteiger partial charge in [0.15, 0.2) is 6.29 Å². The molecule has 0 aromatic carbocycles. The van der Waals surface area contributed by atoms with Crippen molar-refractivity contribution >= 4 is 12.0 Å². The quantitative estimate of drug-likeness (QED) is 0.237. The molecule has 2 amide bonds. The Balaban J connectivity index is 1.27. The highest BCUT2D eigenvalue weighted by atomic mass is 16.6. The molecular formula is C33H48N6O4. The number of piperidine rings is 1. The third-order valence-corrected chi connectivity index (χ3v) is 8.59. The van der Waals surface area contributed by atoms with Crippen LogP contribution in [0.1, 0.15) is 66.7 Å². The number of aliphatic hydroxyl groups is 1. The second-order valence-electron chi connectivity index (χ2n) is 13.6. The van der Waals surface area contributed by atoms with Gasteiger partial charge in [-0.3, -0.25) is 10.1 Å². The van der Waals surface area contributed by atoms with Gasteiger partial charge in [-0.05, 0) is 84.3 Å². The van der Waals surface area contributed by atoms with Crippen LogP contribution in [0.25, 0.3) is 0 Å². The van der Waals surface area contributed by atoms with E-state index in [1.807, 2.05) is 40.7 Å². The molecule has 10 nitrogen and oxygen atoms in total. The zero-order valence-corrected chi connectivity index (χ0v) is 26.1. The van der Waals surface area contributed by atoms with Crippen molar-refractivity contribution < 1.29 is 19.4 Å². The van der Waals surface area contributed by atoms with Gasteiger partial charge in [0.25, 0.3) is 5.91 Å². The molecule has 1 saturated carbocycles. The zero-order chi connectivity index (χ0) is 30.8. The van der Waals surface area contributed by atoms with Crippen LogP contribution in [0.2, 0.25) is 0 Å². The van der Waals surface area contributed by atoms with E-state index in [9.17, 15) is 14.7 Å². The van der Waals surface area contributed by atoms with Crippen LogP contribution in [-0.2, 0) is 9.53 Å². The van der Waals surface area contributed by atoms with Crippen molar-refractivity contribution in [2.45, 2.75) is 90.8 Å². The normalized spacial score (nSPS) is 27.8. The number of likely N-dealkylation sites (tertiary alicyclic amines) is 1. The van der Waals surface area contributed by atoms with Crippen molar-refractivity contribution in [3.05, 3.63) is 64.9 Å². The molecule has 0 bridgehead atoms. The highest BCUT2D eigenvalue weighted by Gasteiger charge is 2.45. The summed E-state index contributed by atoms with van der Waals surface area (Å²) in [6, 6.07) is 0.00168.